The number of hydrogen-bond donors (Lipinski definition) is 2. The fourth-order valence-electron chi connectivity index (χ4n) is 1.94. The maximum atomic E-state index is 12.0. The fourth-order valence-corrected chi connectivity index (χ4v) is 2.86. The summed E-state index contributed by atoms with van der Waals surface area (Å²) in [5.74, 6) is -1.07. The Kier molecular flexibility index (Phi) is 4.32. The fraction of sp³-hybridized carbons (Fsp3) is 0.500. The Balaban J connectivity index is 2.00. The highest BCUT2D eigenvalue weighted by atomic mass is 32.1. The molecule has 0 saturated heterocycles. The standard InChI is InChI=1S/C14H19N3O3S/c1-4-14(3,12(19)20)8-15-11(18)5-10-7-21-13-16-9(2)6-17(10)13/h6-7H,4-5,8H2,1-3H3,(H,15,18)(H,19,20). The van der Waals surface area contributed by atoms with E-state index >= 15 is 0 Å². The van der Waals surface area contributed by atoms with Crippen LogP contribution in [-0.2, 0) is 16.0 Å². The summed E-state index contributed by atoms with van der Waals surface area (Å²) < 4.78 is 1.90. The van der Waals surface area contributed by atoms with Crippen molar-refractivity contribution < 1.29 is 14.7 Å². The number of carbonyl (C=O) groups is 2. The first-order valence-electron chi connectivity index (χ1n) is 6.78. The monoisotopic (exact) mass is 309 g/mol. The molecular weight excluding hydrogens is 290 g/mol. The van der Waals surface area contributed by atoms with Crippen LogP contribution in [0.15, 0.2) is 11.6 Å². The number of carboxylic acids is 1. The van der Waals surface area contributed by atoms with Crippen molar-refractivity contribution in [2.45, 2.75) is 33.6 Å². The number of rotatable bonds is 6. The first kappa shape index (κ1) is 15.5. The van der Waals surface area contributed by atoms with Gasteiger partial charge in [-0.25, -0.2) is 4.98 Å². The van der Waals surface area contributed by atoms with Crippen molar-refractivity contribution in [2.24, 2.45) is 5.41 Å². The summed E-state index contributed by atoms with van der Waals surface area (Å²) in [5, 5.41) is 13.8. The molecule has 1 atom stereocenters. The normalized spacial score (nSPS) is 14.0. The van der Waals surface area contributed by atoms with Gasteiger partial charge in [0, 0.05) is 23.8 Å². The molecule has 0 aromatic carbocycles. The van der Waals surface area contributed by atoms with E-state index in [0.29, 0.717) is 6.42 Å². The molecule has 0 aliphatic carbocycles. The van der Waals surface area contributed by atoms with Crippen LogP contribution >= 0.6 is 11.3 Å². The molecule has 2 heterocycles. The van der Waals surface area contributed by atoms with Crippen LogP contribution in [0.1, 0.15) is 31.7 Å². The zero-order chi connectivity index (χ0) is 15.6. The second-order valence-corrected chi connectivity index (χ2v) is 6.27. The van der Waals surface area contributed by atoms with E-state index in [0.717, 1.165) is 16.3 Å². The van der Waals surface area contributed by atoms with Crippen molar-refractivity contribution >= 4 is 28.2 Å². The molecule has 0 spiro atoms. The van der Waals surface area contributed by atoms with E-state index in [2.05, 4.69) is 10.3 Å². The number of aromatic nitrogens is 2. The Morgan fingerprint density at radius 1 is 1.52 bits per heavy atom. The van der Waals surface area contributed by atoms with Gasteiger partial charge in [-0.1, -0.05) is 6.92 Å². The minimum Gasteiger partial charge on any atom is -0.481 e. The summed E-state index contributed by atoms with van der Waals surface area (Å²) in [4.78, 5) is 28.4. The number of nitrogens with one attached hydrogen (secondary N) is 1. The molecule has 7 heteroatoms. The van der Waals surface area contributed by atoms with Crippen LogP contribution in [0, 0.1) is 12.3 Å². The lowest BCUT2D eigenvalue weighted by Gasteiger charge is -2.23. The lowest BCUT2D eigenvalue weighted by atomic mass is 9.88. The van der Waals surface area contributed by atoms with Crippen LogP contribution in [0.4, 0.5) is 0 Å². The molecule has 1 amide bonds. The molecule has 6 nitrogen and oxygen atoms in total. The molecular formula is C14H19N3O3S. The molecule has 0 bridgehead atoms. The molecule has 114 valence electrons. The van der Waals surface area contributed by atoms with Crippen LogP contribution in [0.25, 0.3) is 4.96 Å². The smallest absolute Gasteiger partial charge is 0.311 e. The summed E-state index contributed by atoms with van der Waals surface area (Å²) in [6.07, 6.45) is 2.57. The highest BCUT2D eigenvalue weighted by Gasteiger charge is 2.31. The lowest BCUT2D eigenvalue weighted by Crippen LogP contribution is -2.41. The van der Waals surface area contributed by atoms with Crippen molar-refractivity contribution in [1.29, 1.82) is 0 Å². The highest BCUT2D eigenvalue weighted by Crippen LogP contribution is 2.20. The Bertz CT molecular complexity index is 676. The summed E-state index contributed by atoms with van der Waals surface area (Å²) in [5.41, 5.74) is 0.847. The maximum Gasteiger partial charge on any atom is 0.311 e. The molecule has 0 aliphatic heterocycles. The SMILES string of the molecule is CCC(C)(CNC(=O)Cc1csc2nc(C)cn12)C(=O)O. The second kappa shape index (κ2) is 5.85. The van der Waals surface area contributed by atoms with Crippen LogP contribution in [0.3, 0.4) is 0 Å². The number of amides is 1. The zero-order valence-electron chi connectivity index (χ0n) is 12.3. The van der Waals surface area contributed by atoms with Gasteiger partial charge in [0.25, 0.3) is 0 Å². The zero-order valence-corrected chi connectivity index (χ0v) is 13.2. The molecule has 0 aliphatic rings. The van der Waals surface area contributed by atoms with Gasteiger partial charge in [-0.05, 0) is 20.3 Å². The Morgan fingerprint density at radius 2 is 2.24 bits per heavy atom. The maximum absolute atomic E-state index is 12.0. The molecule has 0 radical (unpaired) electrons. The van der Waals surface area contributed by atoms with E-state index in [1.54, 1.807) is 13.8 Å². The number of aryl methyl sites for hydroxylation is 1. The molecule has 1 unspecified atom stereocenters. The topological polar surface area (TPSA) is 83.7 Å². The largest absolute Gasteiger partial charge is 0.481 e. The Labute approximate surface area is 126 Å². The molecule has 0 saturated carbocycles. The van der Waals surface area contributed by atoms with E-state index in [1.807, 2.05) is 22.9 Å². The van der Waals surface area contributed by atoms with Gasteiger partial charge >= 0.3 is 5.97 Å². The molecule has 0 fully saturated rings. The third-order valence-corrected chi connectivity index (χ3v) is 4.61. The summed E-state index contributed by atoms with van der Waals surface area (Å²) in [6.45, 7) is 5.48. The first-order chi connectivity index (χ1) is 9.85. The van der Waals surface area contributed by atoms with Crippen molar-refractivity contribution in [3.8, 4) is 0 Å². The number of nitrogens with zero attached hydrogens (tertiary/aromatic N) is 2. The van der Waals surface area contributed by atoms with Gasteiger partial charge in [0.1, 0.15) is 0 Å². The van der Waals surface area contributed by atoms with Crippen LogP contribution in [0.5, 0.6) is 0 Å². The third-order valence-electron chi connectivity index (χ3n) is 3.72. The average Bonchev–Trinajstić information content (AvgIpc) is 2.96. The van der Waals surface area contributed by atoms with Gasteiger partial charge in [-0.15, -0.1) is 11.3 Å². The van der Waals surface area contributed by atoms with Gasteiger partial charge in [0.2, 0.25) is 5.91 Å². The predicted molar refractivity (Wildman–Crippen MR) is 80.6 cm³/mol. The third kappa shape index (κ3) is 3.24. The second-order valence-electron chi connectivity index (χ2n) is 5.43. The van der Waals surface area contributed by atoms with Gasteiger partial charge in [-0.2, -0.15) is 0 Å². The number of fused-ring (bicyclic) bond motifs is 1. The molecule has 2 N–H and O–H groups in total. The van der Waals surface area contributed by atoms with Gasteiger partial charge in [-0.3, -0.25) is 14.0 Å². The molecule has 2 rings (SSSR count). The number of carbonyl (C=O) groups excluding carboxylic acids is 1. The van der Waals surface area contributed by atoms with E-state index in [1.165, 1.54) is 11.3 Å². The molecule has 21 heavy (non-hydrogen) atoms. The summed E-state index contributed by atoms with van der Waals surface area (Å²) in [7, 11) is 0. The Morgan fingerprint density at radius 3 is 2.86 bits per heavy atom. The number of aliphatic carboxylic acids is 1. The number of imidazole rings is 1. The van der Waals surface area contributed by atoms with Crippen molar-refractivity contribution in [1.82, 2.24) is 14.7 Å². The Hall–Kier alpha value is -1.89. The van der Waals surface area contributed by atoms with Gasteiger partial charge in [0.15, 0.2) is 4.96 Å². The minimum atomic E-state index is -0.925. The van der Waals surface area contributed by atoms with Crippen LogP contribution in [0.2, 0.25) is 0 Å². The van der Waals surface area contributed by atoms with E-state index in [4.69, 9.17) is 0 Å². The van der Waals surface area contributed by atoms with Gasteiger partial charge < -0.3 is 10.4 Å². The lowest BCUT2D eigenvalue weighted by molar-refractivity contribution is -0.148. The van der Waals surface area contributed by atoms with Crippen molar-refractivity contribution in [3.05, 3.63) is 23.0 Å². The summed E-state index contributed by atoms with van der Waals surface area (Å²) in [6, 6.07) is 0. The predicted octanol–water partition coefficient (Wildman–Crippen LogP) is 1.86. The quantitative estimate of drug-likeness (QED) is 0.853. The van der Waals surface area contributed by atoms with Crippen molar-refractivity contribution in [3.63, 3.8) is 0 Å². The molecule has 2 aromatic heterocycles. The number of thiazole rings is 1. The van der Waals surface area contributed by atoms with Crippen LogP contribution in [-0.4, -0.2) is 32.9 Å². The summed E-state index contributed by atoms with van der Waals surface area (Å²) >= 11 is 1.49. The highest BCUT2D eigenvalue weighted by molar-refractivity contribution is 7.15. The average molecular weight is 309 g/mol. The number of hydrogen-bond acceptors (Lipinski definition) is 4. The van der Waals surface area contributed by atoms with E-state index in [-0.39, 0.29) is 18.9 Å². The van der Waals surface area contributed by atoms with Crippen molar-refractivity contribution in [2.75, 3.05) is 6.54 Å². The number of carboxylic acid groups (broad SMARTS) is 1. The van der Waals surface area contributed by atoms with Gasteiger partial charge in [0.05, 0.1) is 17.5 Å². The molecule has 2 aromatic rings. The van der Waals surface area contributed by atoms with E-state index in [9.17, 15) is 14.7 Å². The first-order valence-corrected chi connectivity index (χ1v) is 7.66. The van der Waals surface area contributed by atoms with Crippen LogP contribution < -0.4 is 5.32 Å². The van der Waals surface area contributed by atoms with E-state index < -0.39 is 11.4 Å². The minimum absolute atomic E-state index is 0.133.